The normalized spacial score (nSPS) is 16.9. The van der Waals surface area contributed by atoms with Crippen LogP contribution in [0.3, 0.4) is 0 Å². The highest BCUT2D eigenvalue weighted by Gasteiger charge is 2.33. The number of aryl methyl sites for hydroxylation is 1. The number of hydrogen-bond acceptors (Lipinski definition) is 2. The van der Waals surface area contributed by atoms with E-state index >= 15 is 0 Å². The minimum atomic E-state index is -0.133. The molecule has 1 saturated carbocycles. The molecule has 0 bridgehead atoms. The number of hydrogen-bond donors (Lipinski definition) is 1. The Morgan fingerprint density at radius 2 is 2.16 bits per heavy atom. The maximum atomic E-state index is 13.4. The van der Waals surface area contributed by atoms with Crippen molar-refractivity contribution in [3.63, 3.8) is 0 Å². The van der Waals surface area contributed by atoms with Crippen molar-refractivity contribution in [2.45, 2.75) is 51.6 Å². The summed E-state index contributed by atoms with van der Waals surface area (Å²) in [5.74, 6) is -0.133. The number of rotatable bonds is 7. The monoisotopic (exact) mass is 264 g/mol. The fraction of sp³-hybridized carbons (Fsp3) is 0.625. The minimum absolute atomic E-state index is 0.133. The predicted octanol–water partition coefficient (Wildman–Crippen LogP) is 3.40. The quantitative estimate of drug-likeness (QED) is 0.818. The fourth-order valence-corrected chi connectivity index (χ4v) is 2.68. The molecule has 0 aliphatic heterocycles. The molecule has 1 aromatic carbocycles. The summed E-state index contributed by atoms with van der Waals surface area (Å²) in [6.07, 6.45) is 4.96. The average Bonchev–Trinajstić information content (AvgIpc) is 3.22. The Morgan fingerprint density at radius 1 is 1.42 bits per heavy atom. The highest BCUT2D eigenvalue weighted by atomic mass is 19.1. The SMILES string of the molecule is CCCCN(C1CC1)C(CN)c1ccc(F)c(C)c1. The van der Waals surface area contributed by atoms with E-state index in [1.165, 1.54) is 25.7 Å². The third-order valence-corrected chi connectivity index (χ3v) is 3.98. The Morgan fingerprint density at radius 3 is 2.68 bits per heavy atom. The molecular weight excluding hydrogens is 239 g/mol. The second kappa shape index (κ2) is 6.49. The van der Waals surface area contributed by atoms with Crippen LogP contribution in [0, 0.1) is 12.7 Å². The molecule has 1 aliphatic carbocycles. The molecule has 1 unspecified atom stereocenters. The number of nitrogens with zero attached hydrogens (tertiary/aromatic N) is 1. The second-order valence-corrected chi connectivity index (χ2v) is 5.58. The zero-order valence-corrected chi connectivity index (χ0v) is 12.0. The van der Waals surface area contributed by atoms with Gasteiger partial charge in [0.25, 0.3) is 0 Å². The van der Waals surface area contributed by atoms with Gasteiger partial charge in [-0.2, -0.15) is 0 Å². The summed E-state index contributed by atoms with van der Waals surface area (Å²) in [7, 11) is 0. The van der Waals surface area contributed by atoms with Crippen LogP contribution in [0.5, 0.6) is 0 Å². The van der Waals surface area contributed by atoms with Crippen LogP contribution >= 0.6 is 0 Å². The molecule has 3 heteroatoms. The zero-order chi connectivity index (χ0) is 13.8. The maximum absolute atomic E-state index is 13.4. The van der Waals surface area contributed by atoms with Crippen LogP contribution < -0.4 is 5.73 Å². The third kappa shape index (κ3) is 3.54. The minimum Gasteiger partial charge on any atom is -0.329 e. The Bertz CT molecular complexity index is 415. The van der Waals surface area contributed by atoms with Gasteiger partial charge in [-0.3, -0.25) is 4.90 Å². The van der Waals surface area contributed by atoms with Gasteiger partial charge in [-0.25, -0.2) is 4.39 Å². The first-order chi connectivity index (χ1) is 9.17. The predicted molar refractivity (Wildman–Crippen MR) is 77.6 cm³/mol. The van der Waals surface area contributed by atoms with Crippen molar-refractivity contribution in [1.82, 2.24) is 4.90 Å². The van der Waals surface area contributed by atoms with E-state index in [-0.39, 0.29) is 11.9 Å². The van der Waals surface area contributed by atoms with Crippen molar-refractivity contribution in [1.29, 1.82) is 0 Å². The molecule has 1 fully saturated rings. The lowest BCUT2D eigenvalue weighted by Gasteiger charge is -2.31. The molecule has 0 spiro atoms. The number of benzene rings is 1. The largest absolute Gasteiger partial charge is 0.329 e. The molecule has 0 radical (unpaired) electrons. The fourth-order valence-electron chi connectivity index (χ4n) is 2.68. The van der Waals surface area contributed by atoms with Crippen molar-refractivity contribution in [2.75, 3.05) is 13.1 Å². The Balaban J connectivity index is 2.17. The Hall–Kier alpha value is -0.930. The van der Waals surface area contributed by atoms with Gasteiger partial charge in [0.2, 0.25) is 0 Å². The summed E-state index contributed by atoms with van der Waals surface area (Å²) in [5, 5.41) is 0. The van der Waals surface area contributed by atoms with Crippen molar-refractivity contribution in [3.05, 3.63) is 35.1 Å². The summed E-state index contributed by atoms with van der Waals surface area (Å²) >= 11 is 0. The highest BCUT2D eigenvalue weighted by molar-refractivity contribution is 5.27. The van der Waals surface area contributed by atoms with Gasteiger partial charge in [-0.15, -0.1) is 0 Å². The van der Waals surface area contributed by atoms with Crippen molar-refractivity contribution < 1.29 is 4.39 Å². The van der Waals surface area contributed by atoms with Gasteiger partial charge in [0.1, 0.15) is 5.82 Å². The summed E-state index contributed by atoms with van der Waals surface area (Å²) in [5.41, 5.74) is 7.86. The zero-order valence-electron chi connectivity index (χ0n) is 12.0. The first kappa shape index (κ1) is 14.5. The molecule has 1 atom stereocenters. The van der Waals surface area contributed by atoms with E-state index in [1.54, 1.807) is 6.07 Å². The number of nitrogens with two attached hydrogens (primary N) is 1. The molecule has 0 amide bonds. The van der Waals surface area contributed by atoms with E-state index in [9.17, 15) is 4.39 Å². The Kier molecular flexibility index (Phi) is 4.94. The molecule has 0 aromatic heterocycles. The molecule has 2 nitrogen and oxygen atoms in total. The van der Waals surface area contributed by atoms with E-state index < -0.39 is 0 Å². The van der Waals surface area contributed by atoms with Crippen LogP contribution in [0.2, 0.25) is 0 Å². The van der Waals surface area contributed by atoms with Crippen LogP contribution in [0.1, 0.15) is 49.8 Å². The number of unbranched alkanes of at least 4 members (excludes halogenated alkanes) is 1. The molecule has 1 aliphatic rings. The standard InChI is InChI=1S/C16H25FN2/c1-3-4-9-19(14-6-7-14)16(11-18)13-5-8-15(17)12(2)10-13/h5,8,10,14,16H,3-4,6-7,9,11,18H2,1-2H3. The molecule has 0 saturated heterocycles. The highest BCUT2D eigenvalue weighted by Crippen LogP contribution is 2.34. The van der Waals surface area contributed by atoms with Crippen molar-refractivity contribution in [2.24, 2.45) is 5.73 Å². The summed E-state index contributed by atoms with van der Waals surface area (Å²) in [6, 6.07) is 6.33. The van der Waals surface area contributed by atoms with Crippen LogP contribution in [0.25, 0.3) is 0 Å². The van der Waals surface area contributed by atoms with Gasteiger partial charge in [-0.05, 0) is 49.9 Å². The maximum Gasteiger partial charge on any atom is 0.126 e. The number of halogens is 1. The first-order valence-electron chi connectivity index (χ1n) is 7.39. The first-order valence-corrected chi connectivity index (χ1v) is 7.39. The summed E-state index contributed by atoms with van der Waals surface area (Å²) in [6.45, 7) is 5.73. The van der Waals surface area contributed by atoms with Crippen LogP contribution in [-0.4, -0.2) is 24.0 Å². The van der Waals surface area contributed by atoms with E-state index in [4.69, 9.17) is 5.73 Å². The van der Waals surface area contributed by atoms with E-state index in [0.29, 0.717) is 18.2 Å². The van der Waals surface area contributed by atoms with Crippen LogP contribution in [-0.2, 0) is 0 Å². The van der Waals surface area contributed by atoms with Gasteiger partial charge in [0.05, 0.1) is 0 Å². The van der Waals surface area contributed by atoms with E-state index in [0.717, 1.165) is 12.1 Å². The summed E-state index contributed by atoms with van der Waals surface area (Å²) in [4.78, 5) is 2.52. The van der Waals surface area contributed by atoms with E-state index in [2.05, 4.69) is 11.8 Å². The molecule has 106 valence electrons. The lowest BCUT2D eigenvalue weighted by atomic mass is 10.0. The van der Waals surface area contributed by atoms with Crippen molar-refractivity contribution >= 4 is 0 Å². The third-order valence-electron chi connectivity index (χ3n) is 3.98. The van der Waals surface area contributed by atoms with Gasteiger partial charge in [0.15, 0.2) is 0 Å². The summed E-state index contributed by atoms with van der Waals surface area (Å²) < 4.78 is 13.4. The molecule has 2 N–H and O–H groups in total. The van der Waals surface area contributed by atoms with Crippen LogP contribution in [0.15, 0.2) is 18.2 Å². The van der Waals surface area contributed by atoms with Crippen LogP contribution in [0.4, 0.5) is 4.39 Å². The van der Waals surface area contributed by atoms with Gasteiger partial charge >= 0.3 is 0 Å². The topological polar surface area (TPSA) is 29.3 Å². The Labute approximate surface area is 115 Å². The van der Waals surface area contributed by atoms with Gasteiger partial charge < -0.3 is 5.73 Å². The molecule has 2 rings (SSSR count). The van der Waals surface area contributed by atoms with Gasteiger partial charge in [-0.1, -0.05) is 25.5 Å². The average molecular weight is 264 g/mol. The smallest absolute Gasteiger partial charge is 0.126 e. The molecule has 1 aromatic rings. The van der Waals surface area contributed by atoms with E-state index in [1.807, 2.05) is 19.1 Å². The molecule has 19 heavy (non-hydrogen) atoms. The molecule has 0 heterocycles. The lowest BCUT2D eigenvalue weighted by Crippen LogP contribution is -2.36. The molecular formula is C16H25FN2. The second-order valence-electron chi connectivity index (χ2n) is 5.58. The van der Waals surface area contributed by atoms with Crippen molar-refractivity contribution in [3.8, 4) is 0 Å². The van der Waals surface area contributed by atoms with Gasteiger partial charge in [0, 0.05) is 18.6 Å². The lowest BCUT2D eigenvalue weighted by molar-refractivity contribution is 0.188.